The third-order valence-electron chi connectivity index (χ3n) is 6.04. The number of piperidine rings is 1. The quantitative estimate of drug-likeness (QED) is 0.874. The minimum absolute atomic E-state index is 0.0739. The van der Waals surface area contributed by atoms with Gasteiger partial charge in [-0.05, 0) is 55.0 Å². The van der Waals surface area contributed by atoms with Crippen molar-refractivity contribution in [2.75, 3.05) is 20.2 Å². The number of hydrogen-bond acceptors (Lipinski definition) is 3. The van der Waals surface area contributed by atoms with Crippen LogP contribution in [-0.2, 0) is 11.2 Å². The lowest BCUT2D eigenvalue weighted by molar-refractivity contribution is -0.123. The molecule has 2 N–H and O–H groups in total. The molecule has 0 saturated carbocycles. The molecule has 27 heavy (non-hydrogen) atoms. The average Bonchev–Trinajstić information content (AvgIpc) is 2.73. The Morgan fingerprint density at radius 1 is 1.11 bits per heavy atom. The molecular weight excluding hydrogens is 336 g/mol. The molecule has 2 aliphatic rings. The molecule has 0 bridgehead atoms. The fourth-order valence-electron chi connectivity index (χ4n) is 4.64. The number of hydrogen-bond donors (Lipinski definition) is 2. The topological polar surface area (TPSA) is 50.4 Å². The van der Waals surface area contributed by atoms with E-state index in [2.05, 4.69) is 41.0 Å². The Labute approximate surface area is 161 Å². The second-order valence-electron chi connectivity index (χ2n) is 7.60. The molecule has 1 saturated heterocycles. The van der Waals surface area contributed by atoms with Crippen LogP contribution in [0.4, 0.5) is 0 Å². The highest BCUT2D eigenvalue weighted by molar-refractivity contribution is 5.85. The van der Waals surface area contributed by atoms with E-state index in [1.54, 1.807) is 7.11 Å². The second kappa shape index (κ2) is 8.13. The molecule has 0 aromatic heterocycles. The predicted molar refractivity (Wildman–Crippen MR) is 107 cm³/mol. The Balaban J connectivity index is 1.54. The van der Waals surface area contributed by atoms with E-state index in [-0.39, 0.29) is 17.9 Å². The van der Waals surface area contributed by atoms with Crippen LogP contribution in [0.5, 0.6) is 5.75 Å². The number of amides is 1. The van der Waals surface area contributed by atoms with Gasteiger partial charge >= 0.3 is 0 Å². The minimum Gasteiger partial charge on any atom is -0.496 e. The lowest BCUT2D eigenvalue weighted by atomic mass is 9.81. The summed E-state index contributed by atoms with van der Waals surface area (Å²) in [6.07, 6.45) is 3.89. The maximum absolute atomic E-state index is 13.2. The first-order chi connectivity index (χ1) is 13.3. The van der Waals surface area contributed by atoms with Crippen LogP contribution in [0.2, 0.25) is 0 Å². The first-order valence-corrected chi connectivity index (χ1v) is 9.99. The SMILES string of the molecule is COc1cccc2c1CCCC2C(=O)NC1CCNCC1c1ccccc1. The van der Waals surface area contributed by atoms with E-state index in [1.807, 2.05) is 18.2 Å². The number of fused-ring (bicyclic) bond motifs is 1. The van der Waals surface area contributed by atoms with Crippen molar-refractivity contribution < 1.29 is 9.53 Å². The van der Waals surface area contributed by atoms with Gasteiger partial charge < -0.3 is 15.4 Å². The van der Waals surface area contributed by atoms with Gasteiger partial charge in [-0.15, -0.1) is 0 Å². The van der Waals surface area contributed by atoms with Crippen molar-refractivity contribution in [1.82, 2.24) is 10.6 Å². The van der Waals surface area contributed by atoms with Crippen molar-refractivity contribution in [1.29, 1.82) is 0 Å². The van der Waals surface area contributed by atoms with Crippen LogP contribution in [-0.4, -0.2) is 32.1 Å². The van der Waals surface area contributed by atoms with Crippen LogP contribution >= 0.6 is 0 Å². The van der Waals surface area contributed by atoms with Gasteiger partial charge in [0.15, 0.2) is 0 Å². The van der Waals surface area contributed by atoms with Crippen LogP contribution in [0.25, 0.3) is 0 Å². The normalized spacial score (nSPS) is 24.7. The van der Waals surface area contributed by atoms with Gasteiger partial charge in [0.05, 0.1) is 13.0 Å². The van der Waals surface area contributed by atoms with Crippen LogP contribution in [0.1, 0.15) is 47.8 Å². The molecule has 0 spiro atoms. The highest BCUT2D eigenvalue weighted by Crippen LogP contribution is 2.37. The lowest BCUT2D eigenvalue weighted by Gasteiger charge is -2.35. The predicted octanol–water partition coefficient (Wildman–Crippen LogP) is 3.38. The Morgan fingerprint density at radius 3 is 2.78 bits per heavy atom. The number of benzene rings is 2. The van der Waals surface area contributed by atoms with Gasteiger partial charge in [0, 0.05) is 18.5 Å². The average molecular weight is 364 g/mol. The van der Waals surface area contributed by atoms with E-state index in [0.29, 0.717) is 5.92 Å². The van der Waals surface area contributed by atoms with Crippen molar-refractivity contribution in [2.45, 2.75) is 43.6 Å². The van der Waals surface area contributed by atoms with Gasteiger partial charge in [0.25, 0.3) is 0 Å². The smallest absolute Gasteiger partial charge is 0.227 e. The summed E-state index contributed by atoms with van der Waals surface area (Å²) < 4.78 is 5.53. The van der Waals surface area contributed by atoms with Crippen LogP contribution in [0.3, 0.4) is 0 Å². The van der Waals surface area contributed by atoms with E-state index >= 15 is 0 Å². The molecule has 142 valence electrons. The zero-order valence-corrected chi connectivity index (χ0v) is 15.9. The number of carbonyl (C=O) groups is 1. The van der Waals surface area contributed by atoms with E-state index in [0.717, 1.165) is 50.1 Å². The summed E-state index contributed by atoms with van der Waals surface area (Å²) in [6.45, 7) is 1.85. The molecule has 4 heteroatoms. The molecular formula is C23H28N2O2. The van der Waals surface area contributed by atoms with Gasteiger partial charge in [0.2, 0.25) is 5.91 Å². The first-order valence-electron chi connectivity index (χ1n) is 9.99. The van der Waals surface area contributed by atoms with Gasteiger partial charge in [-0.2, -0.15) is 0 Å². The molecule has 1 amide bonds. The van der Waals surface area contributed by atoms with Gasteiger partial charge in [-0.3, -0.25) is 4.79 Å². The van der Waals surface area contributed by atoms with Crippen molar-refractivity contribution in [3.8, 4) is 5.75 Å². The molecule has 1 fully saturated rings. The van der Waals surface area contributed by atoms with Crippen LogP contribution in [0, 0.1) is 0 Å². The third-order valence-corrected chi connectivity index (χ3v) is 6.04. The van der Waals surface area contributed by atoms with Crippen molar-refractivity contribution >= 4 is 5.91 Å². The lowest BCUT2D eigenvalue weighted by Crippen LogP contribution is -2.49. The number of methoxy groups -OCH3 is 1. The van der Waals surface area contributed by atoms with Crippen molar-refractivity contribution in [2.24, 2.45) is 0 Å². The fourth-order valence-corrected chi connectivity index (χ4v) is 4.64. The first kappa shape index (κ1) is 18.1. The van der Waals surface area contributed by atoms with Gasteiger partial charge in [-0.1, -0.05) is 42.5 Å². The highest BCUT2D eigenvalue weighted by Gasteiger charge is 2.33. The summed E-state index contributed by atoms with van der Waals surface area (Å²) in [5, 5.41) is 6.87. The van der Waals surface area contributed by atoms with E-state index in [1.165, 1.54) is 11.1 Å². The molecule has 0 radical (unpaired) electrons. The Morgan fingerprint density at radius 2 is 1.96 bits per heavy atom. The fraction of sp³-hybridized carbons (Fsp3) is 0.435. The monoisotopic (exact) mass is 364 g/mol. The zero-order valence-electron chi connectivity index (χ0n) is 15.9. The standard InChI is InChI=1S/C23H28N2O2/c1-27-22-12-6-9-17-18(22)10-5-11-19(17)23(26)25-21-13-14-24-15-20(21)16-7-3-2-4-8-16/h2-4,6-9,12,19-21,24H,5,10-11,13-15H2,1H3,(H,25,26). The summed E-state index contributed by atoms with van der Waals surface area (Å²) >= 11 is 0. The zero-order chi connectivity index (χ0) is 18.6. The highest BCUT2D eigenvalue weighted by atomic mass is 16.5. The number of ether oxygens (including phenoxy) is 1. The maximum Gasteiger partial charge on any atom is 0.227 e. The Bertz CT molecular complexity index is 790. The van der Waals surface area contributed by atoms with Crippen LogP contribution < -0.4 is 15.4 Å². The molecule has 4 rings (SSSR count). The maximum atomic E-state index is 13.2. The number of rotatable bonds is 4. The molecule has 2 aromatic carbocycles. The summed E-state index contributed by atoms with van der Waals surface area (Å²) in [7, 11) is 1.71. The number of carbonyl (C=O) groups excluding carboxylic acids is 1. The van der Waals surface area contributed by atoms with Crippen molar-refractivity contribution in [3.05, 3.63) is 65.2 Å². The van der Waals surface area contributed by atoms with Crippen molar-refractivity contribution in [3.63, 3.8) is 0 Å². The molecule has 1 aliphatic carbocycles. The van der Waals surface area contributed by atoms with Gasteiger partial charge in [0.1, 0.15) is 5.75 Å². The molecule has 1 heterocycles. The van der Waals surface area contributed by atoms with Crippen LogP contribution in [0.15, 0.2) is 48.5 Å². The largest absolute Gasteiger partial charge is 0.496 e. The van der Waals surface area contributed by atoms with E-state index < -0.39 is 0 Å². The Hall–Kier alpha value is -2.33. The minimum atomic E-state index is -0.0739. The number of nitrogens with one attached hydrogen (secondary N) is 2. The summed E-state index contributed by atoms with van der Waals surface area (Å²) in [6, 6.07) is 16.8. The molecule has 3 atom stereocenters. The Kier molecular flexibility index (Phi) is 5.44. The molecule has 3 unspecified atom stereocenters. The summed E-state index contributed by atoms with van der Waals surface area (Å²) in [5.41, 5.74) is 3.64. The summed E-state index contributed by atoms with van der Waals surface area (Å²) in [4.78, 5) is 13.2. The van der Waals surface area contributed by atoms with E-state index in [4.69, 9.17) is 4.74 Å². The molecule has 4 nitrogen and oxygen atoms in total. The third kappa shape index (κ3) is 3.72. The van der Waals surface area contributed by atoms with Gasteiger partial charge in [-0.25, -0.2) is 0 Å². The molecule has 1 aliphatic heterocycles. The second-order valence-corrected chi connectivity index (χ2v) is 7.60. The van der Waals surface area contributed by atoms with E-state index in [9.17, 15) is 4.79 Å². The summed E-state index contributed by atoms with van der Waals surface area (Å²) in [5.74, 6) is 1.32. The molecule has 2 aromatic rings.